The molecular formula is C7H8NO7P2-3. The molecule has 17 heavy (non-hydrogen) atoms. The summed E-state index contributed by atoms with van der Waals surface area (Å²) in [6, 6.07) is 2.60. The molecule has 0 aliphatic carbocycles. The van der Waals surface area contributed by atoms with E-state index in [1.165, 1.54) is 18.3 Å². The van der Waals surface area contributed by atoms with Gasteiger partial charge in [0.2, 0.25) is 0 Å². The van der Waals surface area contributed by atoms with Crippen LogP contribution in [0.1, 0.15) is 5.56 Å². The third kappa shape index (κ3) is 3.00. The Morgan fingerprint density at radius 3 is 2.29 bits per heavy atom. The molecule has 0 saturated carbocycles. The number of hydrogen-bond donors (Lipinski definition) is 2. The third-order valence-electron chi connectivity index (χ3n) is 2.06. The van der Waals surface area contributed by atoms with Crippen LogP contribution in [0.4, 0.5) is 0 Å². The van der Waals surface area contributed by atoms with Crippen LogP contribution in [0.15, 0.2) is 24.5 Å². The second-order valence-corrected chi connectivity index (χ2v) is 7.20. The zero-order valence-electron chi connectivity index (χ0n) is 8.29. The minimum absolute atomic E-state index is 0.0212. The molecule has 1 heterocycles. The van der Waals surface area contributed by atoms with Gasteiger partial charge in [0.25, 0.3) is 0 Å². The predicted molar refractivity (Wildman–Crippen MR) is 50.3 cm³/mol. The van der Waals surface area contributed by atoms with Gasteiger partial charge in [-0.25, -0.2) is 0 Å². The second-order valence-electron chi connectivity index (χ2n) is 3.33. The third-order valence-corrected chi connectivity index (χ3v) is 5.65. The highest BCUT2D eigenvalue weighted by Crippen LogP contribution is 2.62. The van der Waals surface area contributed by atoms with E-state index in [-0.39, 0.29) is 5.56 Å². The van der Waals surface area contributed by atoms with E-state index in [0.29, 0.717) is 0 Å². The molecule has 2 atom stereocenters. The molecule has 0 radical (unpaired) electrons. The van der Waals surface area contributed by atoms with Crippen molar-refractivity contribution in [3.05, 3.63) is 30.1 Å². The van der Waals surface area contributed by atoms with Crippen molar-refractivity contribution in [3.63, 3.8) is 0 Å². The van der Waals surface area contributed by atoms with Crippen molar-refractivity contribution < 1.29 is 33.8 Å². The maximum Gasteiger partial charge on any atom is 0.169 e. The zero-order chi connectivity index (χ0) is 13.3. The Morgan fingerprint density at radius 1 is 1.35 bits per heavy atom. The number of aromatic nitrogens is 1. The van der Waals surface area contributed by atoms with Crippen molar-refractivity contribution in [1.29, 1.82) is 0 Å². The van der Waals surface area contributed by atoms with E-state index >= 15 is 0 Å². The summed E-state index contributed by atoms with van der Waals surface area (Å²) >= 11 is 0. The van der Waals surface area contributed by atoms with Crippen LogP contribution in [-0.4, -0.2) is 20.1 Å². The van der Waals surface area contributed by atoms with Gasteiger partial charge in [-0.3, -0.25) is 4.98 Å². The molecule has 2 unspecified atom stereocenters. The summed E-state index contributed by atoms with van der Waals surface area (Å²) in [6.07, 6.45) is 1.31. The number of rotatable bonds is 4. The lowest BCUT2D eigenvalue weighted by molar-refractivity contribution is -0.328. The fourth-order valence-electron chi connectivity index (χ4n) is 1.13. The van der Waals surface area contributed by atoms with Gasteiger partial charge in [0, 0.05) is 18.8 Å². The lowest BCUT2D eigenvalue weighted by atomic mass is 10.2. The first kappa shape index (κ1) is 14.5. The Labute approximate surface area is 96.3 Å². The normalized spacial score (nSPS) is 19.4. The van der Waals surface area contributed by atoms with Crippen LogP contribution in [0.3, 0.4) is 0 Å². The Hall–Kier alpha value is -0.590. The van der Waals surface area contributed by atoms with Crippen LogP contribution < -0.4 is 14.7 Å². The van der Waals surface area contributed by atoms with Crippen LogP contribution >= 0.6 is 15.2 Å². The largest absolute Gasteiger partial charge is 0.808 e. The number of nitrogens with zero attached hydrogens (tertiary/aromatic N) is 1. The van der Waals surface area contributed by atoms with E-state index in [1.807, 2.05) is 0 Å². The summed E-state index contributed by atoms with van der Waals surface area (Å²) in [4.78, 5) is 44.6. The van der Waals surface area contributed by atoms with Gasteiger partial charge >= 0.3 is 0 Å². The molecule has 96 valence electrons. The zero-order valence-corrected chi connectivity index (χ0v) is 10.1. The predicted octanol–water partition coefficient (Wildman–Crippen LogP) is -2.27. The smallest absolute Gasteiger partial charge is 0.169 e. The standard InChI is InChI=1S/C7H11NO7P2/c9-7(16(10,11)12,17(13,14)15)4-6-2-1-3-8-5-6/h1-3,5,9H,4H2,(H2,10,11,12)(H2,13,14,15)/p-3. The fraction of sp³-hybridized carbons (Fsp3) is 0.286. The Balaban J connectivity index is 3.20. The molecule has 0 spiro atoms. The van der Waals surface area contributed by atoms with E-state index in [2.05, 4.69) is 4.98 Å². The van der Waals surface area contributed by atoms with E-state index in [1.54, 1.807) is 0 Å². The molecule has 0 aliphatic rings. The lowest BCUT2D eigenvalue weighted by Gasteiger charge is -2.49. The topological polar surface area (TPSA) is 157 Å². The number of pyridine rings is 1. The minimum Gasteiger partial charge on any atom is -0.808 e. The molecule has 1 aromatic heterocycles. The number of aliphatic hydroxyl groups is 1. The van der Waals surface area contributed by atoms with E-state index < -0.39 is 26.7 Å². The van der Waals surface area contributed by atoms with E-state index in [9.17, 15) is 28.9 Å². The molecule has 0 aliphatic heterocycles. The quantitative estimate of drug-likeness (QED) is 0.584. The number of hydrogen-bond acceptors (Lipinski definition) is 7. The second kappa shape index (κ2) is 4.59. The average molecular weight is 280 g/mol. The van der Waals surface area contributed by atoms with Gasteiger partial charge in [0.1, 0.15) is 0 Å². The average Bonchev–Trinajstić information content (AvgIpc) is 2.15. The molecular weight excluding hydrogens is 272 g/mol. The maximum atomic E-state index is 10.8. The highest BCUT2D eigenvalue weighted by Gasteiger charge is 2.41. The van der Waals surface area contributed by atoms with Gasteiger partial charge in [0.05, 0.1) is 0 Å². The molecule has 1 aromatic rings. The van der Waals surface area contributed by atoms with Crippen LogP contribution in [-0.2, 0) is 15.6 Å². The summed E-state index contributed by atoms with van der Waals surface area (Å²) in [6.45, 7) is 0. The minimum atomic E-state index is -5.97. The van der Waals surface area contributed by atoms with Crippen molar-refractivity contribution in [2.45, 2.75) is 11.5 Å². The molecule has 0 bridgehead atoms. The Morgan fingerprint density at radius 2 is 1.94 bits per heavy atom. The van der Waals surface area contributed by atoms with Gasteiger partial charge in [-0.15, -0.1) is 0 Å². The monoisotopic (exact) mass is 280 g/mol. The Kier molecular flexibility index (Phi) is 3.91. The van der Waals surface area contributed by atoms with E-state index in [0.717, 1.165) is 6.20 Å². The lowest BCUT2D eigenvalue weighted by Crippen LogP contribution is -2.43. The summed E-state index contributed by atoms with van der Waals surface area (Å²) in [5.41, 5.74) is -0.0212. The van der Waals surface area contributed by atoms with Crippen molar-refractivity contribution >= 4 is 15.2 Å². The Bertz CT molecular complexity index is 456. The maximum absolute atomic E-state index is 10.8. The van der Waals surface area contributed by atoms with Crippen molar-refractivity contribution in [2.24, 2.45) is 0 Å². The first-order valence-corrected chi connectivity index (χ1v) is 7.37. The van der Waals surface area contributed by atoms with Crippen molar-refractivity contribution in [2.75, 3.05) is 0 Å². The summed E-state index contributed by atoms with van der Waals surface area (Å²) in [5.74, 6) is 0. The first-order valence-electron chi connectivity index (χ1n) is 4.25. The van der Waals surface area contributed by atoms with Crippen LogP contribution in [0.25, 0.3) is 0 Å². The van der Waals surface area contributed by atoms with Crippen LogP contribution in [0.2, 0.25) is 0 Å². The van der Waals surface area contributed by atoms with Gasteiger partial charge in [-0.1, -0.05) is 6.07 Å². The molecule has 10 heteroatoms. The fourth-order valence-corrected chi connectivity index (χ4v) is 3.12. The SMILES string of the molecule is O=P([O-])([O-])C(O)(Cc1cccnc1)P(=O)([O-])O. The van der Waals surface area contributed by atoms with Crippen molar-refractivity contribution in [3.8, 4) is 0 Å². The van der Waals surface area contributed by atoms with E-state index in [4.69, 9.17) is 4.89 Å². The summed E-state index contributed by atoms with van der Waals surface area (Å²) in [5, 5.41) is 5.64. The van der Waals surface area contributed by atoms with Gasteiger partial charge in [-0.05, 0) is 19.2 Å². The molecule has 0 fully saturated rings. The first-order chi connectivity index (χ1) is 7.58. The molecule has 2 N–H and O–H groups in total. The van der Waals surface area contributed by atoms with Gasteiger partial charge in [0.15, 0.2) is 12.7 Å². The van der Waals surface area contributed by atoms with Gasteiger partial charge < -0.3 is 33.8 Å². The van der Waals surface area contributed by atoms with Crippen LogP contribution in [0, 0.1) is 0 Å². The summed E-state index contributed by atoms with van der Waals surface area (Å²) < 4.78 is 21.6. The highest BCUT2D eigenvalue weighted by atomic mass is 31.2. The van der Waals surface area contributed by atoms with Crippen LogP contribution in [0.5, 0.6) is 0 Å². The van der Waals surface area contributed by atoms with Crippen molar-refractivity contribution in [1.82, 2.24) is 4.98 Å². The molecule has 0 aromatic carbocycles. The highest BCUT2D eigenvalue weighted by molar-refractivity contribution is 7.70. The summed E-state index contributed by atoms with van der Waals surface area (Å²) in [7, 11) is -11.8. The molecule has 0 saturated heterocycles. The molecule has 8 nitrogen and oxygen atoms in total. The van der Waals surface area contributed by atoms with Gasteiger partial charge in [-0.2, -0.15) is 0 Å². The molecule has 0 amide bonds. The molecule has 1 rings (SSSR count).